The van der Waals surface area contributed by atoms with Crippen LogP contribution in [0.5, 0.6) is 0 Å². The first-order chi connectivity index (χ1) is 9.13. The Labute approximate surface area is 122 Å². The van der Waals surface area contributed by atoms with Crippen molar-refractivity contribution in [3.05, 3.63) is 33.8 Å². The van der Waals surface area contributed by atoms with Crippen LogP contribution in [0.4, 0.5) is 0 Å². The average Bonchev–Trinajstić information content (AvgIpc) is 2.37. The van der Waals surface area contributed by atoms with Crippen LogP contribution in [0.25, 0.3) is 0 Å². The number of nitrogens with zero attached hydrogens (tertiary/aromatic N) is 1. The van der Waals surface area contributed by atoms with Crippen LogP contribution in [0.1, 0.15) is 25.3 Å². The van der Waals surface area contributed by atoms with Crippen molar-refractivity contribution in [1.29, 1.82) is 0 Å². The number of halogens is 2. The number of oxime groups is 1. The fourth-order valence-corrected chi connectivity index (χ4v) is 1.64. The summed E-state index contributed by atoms with van der Waals surface area (Å²) in [5.41, 5.74) is 0.738. The van der Waals surface area contributed by atoms with E-state index in [1.54, 1.807) is 18.2 Å². The molecule has 0 fully saturated rings. The highest BCUT2D eigenvalue weighted by Crippen LogP contribution is 2.21. The Balaban J connectivity index is 2.31. The number of carbonyl (C=O) groups excluding carboxylic acids is 1. The first-order valence-electron chi connectivity index (χ1n) is 5.89. The maximum Gasteiger partial charge on any atom is 0.352 e. The quantitative estimate of drug-likeness (QED) is 0.333. The molecule has 0 aromatic heterocycles. The third-order valence-corrected chi connectivity index (χ3v) is 2.80. The van der Waals surface area contributed by atoms with Crippen LogP contribution in [0.15, 0.2) is 23.4 Å². The summed E-state index contributed by atoms with van der Waals surface area (Å²) in [6.07, 6.45) is 2.80. The van der Waals surface area contributed by atoms with Crippen molar-refractivity contribution in [3.8, 4) is 0 Å². The van der Waals surface area contributed by atoms with Crippen molar-refractivity contribution in [2.24, 2.45) is 5.16 Å². The topological polar surface area (TPSA) is 47.9 Å². The molecule has 0 bridgehead atoms. The number of benzene rings is 1. The zero-order valence-electron chi connectivity index (χ0n) is 10.6. The summed E-state index contributed by atoms with van der Waals surface area (Å²) in [5.74, 6) is -0.518. The number of hydrogen-bond donors (Lipinski definition) is 0. The highest BCUT2D eigenvalue weighted by molar-refractivity contribution is 6.35. The molecular formula is C13H15Cl2NO3. The lowest BCUT2D eigenvalue weighted by Gasteiger charge is -2.03. The molecule has 104 valence electrons. The van der Waals surface area contributed by atoms with Gasteiger partial charge in [-0.3, -0.25) is 0 Å². The minimum absolute atomic E-state index is 0.161. The molecule has 19 heavy (non-hydrogen) atoms. The zero-order chi connectivity index (χ0) is 14.1. The number of hydrogen-bond acceptors (Lipinski definition) is 4. The molecular weight excluding hydrogens is 289 g/mol. The molecule has 0 atom stereocenters. The smallest absolute Gasteiger partial charge is 0.352 e. The Morgan fingerprint density at radius 2 is 2.21 bits per heavy atom. The molecule has 1 rings (SSSR count). The van der Waals surface area contributed by atoms with Gasteiger partial charge in [-0.2, -0.15) is 0 Å². The van der Waals surface area contributed by atoms with Gasteiger partial charge in [-0.05, 0) is 18.6 Å². The van der Waals surface area contributed by atoms with E-state index in [9.17, 15) is 4.79 Å². The van der Waals surface area contributed by atoms with E-state index in [2.05, 4.69) is 5.16 Å². The Morgan fingerprint density at radius 3 is 2.89 bits per heavy atom. The van der Waals surface area contributed by atoms with Gasteiger partial charge >= 0.3 is 5.97 Å². The molecule has 0 N–H and O–H groups in total. The fourth-order valence-electron chi connectivity index (χ4n) is 1.18. The van der Waals surface area contributed by atoms with Gasteiger partial charge in [0.2, 0.25) is 0 Å². The Bertz CT molecular complexity index is 450. The van der Waals surface area contributed by atoms with Crippen LogP contribution >= 0.6 is 23.2 Å². The van der Waals surface area contributed by atoms with E-state index in [0.717, 1.165) is 24.6 Å². The molecule has 1 aromatic carbocycles. The molecule has 0 spiro atoms. The maximum atomic E-state index is 11.1. The van der Waals surface area contributed by atoms with Crippen LogP contribution < -0.4 is 0 Å². The summed E-state index contributed by atoms with van der Waals surface area (Å²) in [4.78, 5) is 16.1. The molecule has 0 unspecified atom stereocenters. The fraction of sp³-hybridized carbons (Fsp3) is 0.385. The SMILES string of the molecule is CCCCOC(=O)C=NOCc1ccc(Cl)cc1Cl. The predicted octanol–water partition coefficient (Wildman–Crippen LogP) is 3.84. The minimum atomic E-state index is -0.518. The van der Waals surface area contributed by atoms with Gasteiger partial charge in [-0.25, -0.2) is 4.79 Å². The number of ether oxygens (including phenoxy) is 1. The number of esters is 1. The van der Waals surface area contributed by atoms with E-state index < -0.39 is 5.97 Å². The standard InChI is InChI=1S/C13H15Cl2NO3/c1-2-3-6-18-13(17)8-16-19-9-10-4-5-11(14)7-12(10)15/h4-5,7-8H,2-3,6,9H2,1H3. The third-order valence-electron chi connectivity index (χ3n) is 2.21. The largest absolute Gasteiger partial charge is 0.461 e. The van der Waals surface area contributed by atoms with E-state index in [-0.39, 0.29) is 6.61 Å². The van der Waals surface area contributed by atoms with Crippen LogP contribution in [0.2, 0.25) is 10.0 Å². The van der Waals surface area contributed by atoms with Crippen molar-refractivity contribution >= 4 is 35.4 Å². The molecule has 0 heterocycles. The van der Waals surface area contributed by atoms with Crippen LogP contribution in [-0.2, 0) is 21.0 Å². The number of rotatable bonds is 7. The second kappa shape index (κ2) is 8.77. The Morgan fingerprint density at radius 1 is 1.42 bits per heavy atom. The van der Waals surface area contributed by atoms with E-state index >= 15 is 0 Å². The molecule has 0 radical (unpaired) electrons. The molecule has 0 saturated carbocycles. The molecule has 0 saturated heterocycles. The Hall–Kier alpha value is -1.26. The van der Waals surface area contributed by atoms with Gasteiger partial charge in [-0.1, -0.05) is 47.8 Å². The highest BCUT2D eigenvalue weighted by atomic mass is 35.5. The highest BCUT2D eigenvalue weighted by Gasteiger charge is 2.02. The summed E-state index contributed by atoms with van der Waals surface area (Å²) >= 11 is 11.7. The summed E-state index contributed by atoms with van der Waals surface area (Å²) in [7, 11) is 0. The second-order valence-electron chi connectivity index (χ2n) is 3.76. The lowest BCUT2D eigenvalue weighted by molar-refractivity contribution is -0.135. The number of unbranched alkanes of at least 4 members (excludes halogenated alkanes) is 1. The first kappa shape index (κ1) is 15.8. The first-order valence-corrected chi connectivity index (χ1v) is 6.65. The van der Waals surface area contributed by atoms with Gasteiger partial charge < -0.3 is 9.57 Å². The average molecular weight is 304 g/mol. The van der Waals surface area contributed by atoms with Gasteiger partial charge in [0.05, 0.1) is 6.61 Å². The van der Waals surface area contributed by atoms with Gasteiger partial charge in [0.1, 0.15) is 6.61 Å². The van der Waals surface area contributed by atoms with Crippen molar-refractivity contribution in [2.45, 2.75) is 26.4 Å². The van der Waals surface area contributed by atoms with Crippen molar-refractivity contribution in [3.63, 3.8) is 0 Å². The molecule has 0 aliphatic carbocycles. The second-order valence-corrected chi connectivity index (χ2v) is 4.61. The van der Waals surface area contributed by atoms with Crippen molar-refractivity contribution < 1.29 is 14.4 Å². The zero-order valence-corrected chi connectivity index (χ0v) is 12.1. The lowest BCUT2D eigenvalue weighted by atomic mass is 10.2. The normalized spacial score (nSPS) is 10.7. The summed E-state index contributed by atoms with van der Waals surface area (Å²) in [5, 5.41) is 4.56. The summed E-state index contributed by atoms with van der Waals surface area (Å²) in [6.45, 7) is 2.57. The molecule has 0 aliphatic rings. The van der Waals surface area contributed by atoms with E-state index in [0.29, 0.717) is 16.7 Å². The molecule has 4 nitrogen and oxygen atoms in total. The Kier molecular flexibility index (Phi) is 7.30. The van der Waals surface area contributed by atoms with Crippen LogP contribution in [-0.4, -0.2) is 18.8 Å². The van der Waals surface area contributed by atoms with Gasteiger partial charge in [0.15, 0.2) is 6.21 Å². The minimum Gasteiger partial charge on any atom is -0.461 e. The van der Waals surface area contributed by atoms with Crippen molar-refractivity contribution in [2.75, 3.05) is 6.61 Å². The van der Waals surface area contributed by atoms with E-state index in [1.165, 1.54) is 0 Å². The molecule has 1 aromatic rings. The third kappa shape index (κ3) is 6.45. The van der Waals surface area contributed by atoms with E-state index in [1.807, 2.05) is 6.92 Å². The molecule has 0 aliphatic heterocycles. The van der Waals surface area contributed by atoms with E-state index in [4.69, 9.17) is 32.8 Å². The van der Waals surface area contributed by atoms with Crippen LogP contribution in [0, 0.1) is 0 Å². The molecule has 0 amide bonds. The van der Waals surface area contributed by atoms with Crippen molar-refractivity contribution in [1.82, 2.24) is 0 Å². The van der Waals surface area contributed by atoms with Gasteiger partial charge in [0.25, 0.3) is 0 Å². The predicted molar refractivity (Wildman–Crippen MR) is 75.6 cm³/mol. The van der Waals surface area contributed by atoms with Gasteiger partial charge in [0, 0.05) is 15.6 Å². The molecule has 6 heteroatoms. The van der Waals surface area contributed by atoms with Gasteiger partial charge in [-0.15, -0.1) is 0 Å². The number of carbonyl (C=O) groups is 1. The van der Waals surface area contributed by atoms with Crippen LogP contribution in [0.3, 0.4) is 0 Å². The maximum absolute atomic E-state index is 11.1. The summed E-state index contributed by atoms with van der Waals surface area (Å²) < 4.78 is 4.86. The monoisotopic (exact) mass is 303 g/mol. The summed E-state index contributed by atoms with van der Waals surface area (Å²) in [6, 6.07) is 5.05. The lowest BCUT2D eigenvalue weighted by Crippen LogP contribution is -2.07.